The van der Waals surface area contributed by atoms with Crippen LogP contribution >= 0.6 is 27.7 Å². The summed E-state index contributed by atoms with van der Waals surface area (Å²) < 4.78 is 6.16. The molecule has 0 N–H and O–H groups in total. The summed E-state index contributed by atoms with van der Waals surface area (Å²) in [7, 11) is 1.66. The molecule has 146 valence electrons. The summed E-state index contributed by atoms with van der Waals surface area (Å²) in [4.78, 5) is 2.73. The largest absolute Gasteiger partial charge is 0.497 e. The molecule has 0 aliphatic carbocycles. The fraction of sp³-hybridized carbons (Fsp3) is 0.136. The predicted octanol–water partition coefficient (Wildman–Crippen LogP) is 5.45. The molecule has 0 bridgehead atoms. The SMILES string of the molecule is COc1ccc(Cn2nnc(-c3c(Br)cccc3SCc3ccccc3)n2)cc1. The summed E-state index contributed by atoms with van der Waals surface area (Å²) in [5.74, 6) is 2.32. The molecule has 0 spiro atoms. The second-order valence-electron chi connectivity index (χ2n) is 6.38. The van der Waals surface area contributed by atoms with Crippen LogP contribution in [0.15, 0.2) is 82.2 Å². The molecule has 0 radical (unpaired) electrons. The lowest BCUT2D eigenvalue weighted by Gasteiger charge is -2.08. The van der Waals surface area contributed by atoms with Crippen LogP contribution in [0.2, 0.25) is 0 Å². The van der Waals surface area contributed by atoms with E-state index in [-0.39, 0.29) is 0 Å². The van der Waals surface area contributed by atoms with Gasteiger partial charge in [0.05, 0.1) is 19.2 Å². The molecule has 0 saturated heterocycles. The van der Waals surface area contributed by atoms with Gasteiger partial charge in [0.15, 0.2) is 0 Å². The number of tetrazole rings is 1. The number of thioether (sulfide) groups is 1. The predicted molar refractivity (Wildman–Crippen MR) is 119 cm³/mol. The molecule has 29 heavy (non-hydrogen) atoms. The number of halogens is 1. The summed E-state index contributed by atoms with van der Waals surface area (Å²) in [5, 5.41) is 13.2. The molecule has 0 fully saturated rings. The third-order valence-electron chi connectivity index (χ3n) is 4.37. The molecule has 0 aliphatic heterocycles. The molecular formula is C22H19BrN4OS. The van der Waals surface area contributed by atoms with Gasteiger partial charge in [0.25, 0.3) is 0 Å². The monoisotopic (exact) mass is 466 g/mol. The third kappa shape index (κ3) is 4.86. The van der Waals surface area contributed by atoms with Crippen molar-refractivity contribution in [1.82, 2.24) is 20.2 Å². The van der Waals surface area contributed by atoms with E-state index < -0.39 is 0 Å². The minimum absolute atomic E-state index is 0.550. The lowest BCUT2D eigenvalue weighted by atomic mass is 10.2. The quantitative estimate of drug-likeness (QED) is 0.338. The highest BCUT2D eigenvalue weighted by Gasteiger charge is 2.15. The molecule has 1 heterocycles. The standard InChI is InChI=1S/C22H19BrN4OS/c1-28-18-12-10-16(11-13-18)14-27-25-22(24-26-27)21-19(23)8-5-9-20(21)29-15-17-6-3-2-4-7-17/h2-13H,14-15H2,1H3. The average molecular weight is 467 g/mol. The fourth-order valence-corrected chi connectivity index (χ4v) is 4.59. The number of hydrogen-bond acceptors (Lipinski definition) is 5. The van der Waals surface area contributed by atoms with Crippen LogP contribution in [-0.2, 0) is 12.3 Å². The Bertz CT molecular complexity index is 1080. The first-order valence-electron chi connectivity index (χ1n) is 9.09. The van der Waals surface area contributed by atoms with Gasteiger partial charge < -0.3 is 4.74 Å². The number of ether oxygens (including phenoxy) is 1. The lowest BCUT2D eigenvalue weighted by molar-refractivity contribution is 0.414. The van der Waals surface area contributed by atoms with E-state index in [9.17, 15) is 0 Å². The van der Waals surface area contributed by atoms with Crippen molar-refractivity contribution in [2.24, 2.45) is 0 Å². The molecule has 7 heteroatoms. The second kappa shape index (κ2) is 9.24. The number of nitrogens with zero attached hydrogens (tertiary/aromatic N) is 4. The number of rotatable bonds is 7. The van der Waals surface area contributed by atoms with Gasteiger partial charge in [-0.1, -0.05) is 48.5 Å². The molecule has 1 aromatic heterocycles. The maximum absolute atomic E-state index is 5.20. The van der Waals surface area contributed by atoms with Gasteiger partial charge in [-0.3, -0.25) is 0 Å². The van der Waals surface area contributed by atoms with Gasteiger partial charge in [-0.2, -0.15) is 4.80 Å². The van der Waals surface area contributed by atoms with E-state index in [1.807, 2.05) is 42.5 Å². The van der Waals surface area contributed by atoms with Gasteiger partial charge >= 0.3 is 0 Å². The molecule has 0 amide bonds. The smallest absolute Gasteiger partial charge is 0.207 e. The molecule has 4 rings (SSSR count). The Hall–Kier alpha value is -2.64. The lowest BCUT2D eigenvalue weighted by Crippen LogP contribution is -2.04. The van der Waals surface area contributed by atoms with Crippen LogP contribution in [0.3, 0.4) is 0 Å². The Kier molecular flexibility index (Phi) is 6.27. The zero-order chi connectivity index (χ0) is 20.1. The topological polar surface area (TPSA) is 52.8 Å². The summed E-state index contributed by atoms with van der Waals surface area (Å²) in [6, 6.07) is 24.4. The van der Waals surface area contributed by atoms with Crippen LogP contribution in [-0.4, -0.2) is 27.3 Å². The molecule has 0 atom stereocenters. The van der Waals surface area contributed by atoms with Crippen LogP contribution in [0.25, 0.3) is 11.4 Å². The Labute approximate surface area is 182 Å². The summed E-state index contributed by atoms with van der Waals surface area (Å²) in [6.07, 6.45) is 0. The number of aromatic nitrogens is 4. The van der Waals surface area contributed by atoms with Gasteiger partial charge in [0.1, 0.15) is 5.75 Å². The highest BCUT2D eigenvalue weighted by molar-refractivity contribution is 9.10. The van der Waals surface area contributed by atoms with Gasteiger partial charge in [0.2, 0.25) is 5.82 Å². The summed E-state index contributed by atoms with van der Waals surface area (Å²) in [5.41, 5.74) is 3.33. The molecule has 0 unspecified atom stereocenters. The average Bonchev–Trinajstić information content (AvgIpc) is 3.21. The maximum Gasteiger partial charge on any atom is 0.207 e. The van der Waals surface area contributed by atoms with Gasteiger partial charge in [-0.15, -0.1) is 22.0 Å². The van der Waals surface area contributed by atoms with E-state index in [2.05, 4.69) is 61.7 Å². The maximum atomic E-state index is 5.20. The van der Waals surface area contributed by atoms with Gasteiger partial charge in [0, 0.05) is 15.1 Å². The molecule has 4 aromatic rings. The van der Waals surface area contributed by atoms with E-state index in [1.165, 1.54) is 5.56 Å². The highest BCUT2D eigenvalue weighted by atomic mass is 79.9. The number of methoxy groups -OCH3 is 1. The van der Waals surface area contributed by atoms with E-state index in [1.54, 1.807) is 23.7 Å². The van der Waals surface area contributed by atoms with Crippen molar-refractivity contribution in [2.75, 3.05) is 7.11 Å². The zero-order valence-corrected chi connectivity index (χ0v) is 18.2. The van der Waals surface area contributed by atoms with Crippen LogP contribution in [0.5, 0.6) is 5.75 Å². The van der Waals surface area contributed by atoms with E-state index in [0.29, 0.717) is 12.4 Å². The molecular weight excluding hydrogens is 448 g/mol. The molecule has 3 aromatic carbocycles. The third-order valence-corrected chi connectivity index (χ3v) is 6.16. The van der Waals surface area contributed by atoms with E-state index in [0.717, 1.165) is 32.0 Å². The first-order chi connectivity index (χ1) is 14.2. The molecule has 0 saturated carbocycles. The van der Waals surface area contributed by atoms with Crippen molar-refractivity contribution < 1.29 is 4.74 Å². The number of hydrogen-bond donors (Lipinski definition) is 0. The van der Waals surface area contributed by atoms with Gasteiger partial charge in [-0.25, -0.2) is 0 Å². The van der Waals surface area contributed by atoms with Crippen LogP contribution in [0.1, 0.15) is 11.1 Å². The summed E-state index contributed by atoms with van der Waals surface area (Å²) >= 11 is 5.42. The van der Waals surface area contributed by atoms with E-state index in [4.69, 9.17) is 4.74 Å². The Morgan fingerprint density at radius 2 is 1.72 bits per heavy atom. The zero-order valence-electron chi connectivity index (χ0n) is 15.8. The Morgan fingerprint density at radius 1 is 0.931 bits per heavy atom. The van der Waals surface area contributed by atoms with E-state index >= 15 is 0 Å². The van der Waals surface area contributed by atoms with Crippen molar-refractivity contribution in [3.63, 3.8) is 0 Å². The van der Waals surface area contributed by atoms with Crippen molar-refractivity contribution in [3.05, 3.63) is 88.4 Å². The Balaban J connectivity index is 1.55. The highest BCUT2D eigenvalue weighted by Crippen LogP contribution is 2.36. The first-order valence-corrected chi connectivity index (χ1v) is 10.9. The molecule has 0 aliphatic rings. The Morgan fingerprint density at radius 3 is 2.48 bits per heavy atom. The number of benzene rings is 3. The normalized spacial score (nSPS) is 10.8. The van der Waals surface area contributed by atoms with Crippen molar-refractivity contribution in [3.8, 4) is 17.1 Å². The summed E-state index contributed by atoms with van der Waals surface area (Å²) in [6.45, 7) is 0.550. The van der Waals surface area contributed by atoms with Crippen LogP contribution < -0.4 is 4.74 Å². The van der Waals surface area contributed by atoms with Crippen LogP contribution in [0, 0.1) is 0 Å². The fourth-order valence-electron chi connectivity index (χ4n) is 2.88. The second-order valence-corrected chi connectivity index (χ2v) is 8.25. The van der Waals surface area contributed by atoms with Crippen molar-refractivity contribution in [2.45, 2.75) is 17.2 Å². The minimum atomic E-state index is 0.550. The van der Waals surface area contributed by atoms with Crippen molar-refractivity contribution in [1.29, 1.82) is 0 Å². The van der Waals surface area contributed by atoms with Crippen molar-refractivity contribution >= 4 is 27.7 Å². The molecule has 5 nitrogen and oxygen atoms in total. The first kappa shape index (κ1) is 19.7. The van der Waals surface area contributed by atoms with Crippen LogP contribution in [0.4, 0.5) is 0 Å². The minimum Gasteiger partial charge on any atom is -0.497 e. The van der Waals surface area contributed by atoms with Gasteiger partial charge in [-0.05, 0) is 56.5 Å².